The van der Waals surface area contributed by atoms with Crippen LogP contribution in [0, 0.1) is 0 Å². The first-order valence-electron chi connectivity index (χ1n) is 8.76. The van der Waals surface area contributed by atoms with Crippen molar-refractivity contribution in [3.05, 3.63) is 0 Å². The molecule has 2 nitrogen and oxygen atoms in total. The van der Waals surface area contributed by atoms with Gasteiger partial charge in [0.1, 0.15) is 0 Å². The first-order chi connectivity index (χ1) is 9.43. The van der Waals surface area contributed by atoms with E-state index in [0.29, 0.717) is 6.61 Å². The predicted octanol–water partition coefficient (Wildman–Crippen LogP) is 4.37. The quantitative estimate of drug-likeness (QED) is 0.532. The maximum atomic E-state index is 8.68. The molecule has 0 bridgehead atoms. The first-order valence-corrected chi connectivity index (χ1v) is 8.76. The Morgan fingerprint density at radius 2 is 1.05 bits per heavy atom. The minimum atomic E-state index is 0.372. The summed E-state index contributed by atoms with van der Waals surface area (Å²) in [5.74, 6) is 0. The molecule has 2 heteroatoms. The van der Waals surface area contributed by atoms with Crippen LogP contribution in [0.15, 0.2) is 0 Å². The van der Waals surface area contributed by atoms with Crippen molar-refractivity contribution in [1.82, 2.24) is 4.90 Å². The second-order valence-electron chi connectivity index (χ2n) is 6.16. The van der Waals surface area contributed by atoms with E-state index in [0.717, 1.165) is 6.42 Å². The number of nitrogens with zero attached hydrogens (tertiary/aromatic N) is 1. The minimum absolute atomic E-state index is 0.372. The van der Waals surface area contributed by atoms with Gasteiger partial charge in [0.15, 0.2) is 0 Å². The van der Waals surface area contributed by atoms with Crippen molar-refractivity contribution >= 4 is 0 Å². The second-order valence-corrected chi connectivity index (χ2v) is 6.16. The van der Waals surface area contributed by atoms with Gasteiger partial charge in [0.25, 0.3) is 0 Å². The fourth-order valence-electron chi connectivity index (χ4n) is 3.04. The number of aliphatic hydroxyl groups is 1. The lowest BCUT2D eigenvalue weighted by Crippen LogP contribution is -2.30. The molecule has 19 heavy (non-hydrogen) atoms. The van der Waals surface area contributed by atoms with E-state index >= 15 is 0 Å². The summed E-state index contributed by atoms with van der Waals surface area (Å²) < 4.78 is 0. The van der Waals surface area contributed by atoms with Crippen LogP contribution in [0.2, 0.25) is 0 Å². The van der Waals surface area contributed by atoms with Gasteiger partial charge in [0.05, 0.1) is 0 Å². The Morgan fingerprint density at radius 3 is 1.58 bits per heavy atom. The van der Waals surface area contributed by atoms with Gasteiger partial charge in [-0.05, 0) is 45.3 Å². The number of likely N-dealkylation sites (tertiary alicyclic amines) is 1. The Morgan fingerprint density at radius 1 is 0.579 bits per heavy atom. The van der Waals surface area contributed by atoms with Crippen LogP contribution >= 0.6 is 0 Å². The van der Waals surface area contributed by atoms with Crippen LogP contribution in [0.5, 0.6) is 0 Å². The van der Waals surface area contributed by atoms with Gasteiger partial charge < -0.3 is 10.0 Å². The Bertz CT molecular complexity index is 178. The van der Waals surface area contributed by atoms with Crippen molar-refractivity contribution in [2.75, 3.05) is 26.2 Å². The molecule has 0 atom stereocenters. The number of unbranched alkanes of at least 4 members (excludes halogenated alkanes) is 9. The highest BCUT2D eigenvalue weighted by atomic mass is 16.2. The molecule has 0 aromatic heterocycles. The van der Waals surface area contributed by atoms with E-state index < -0.39 is 0 Å². The van der Waals surface area contributed by atoms with Gasteiger partial charge in [-0.2, -0.15) is 0 Å². The SMILES string of the molecule is OCCCCCCCCCCCCN1CCCCC1. The fraction of sp³-hybridized carbons (Fsp3) is 1.00. The third kappa shape index (κ3) is 10.4. The molecular weight excluding hydrogens is 234 g/mol. The molecule has 1 N–H and O–H groups in total. The van der Waals surface area contributed by atoms with Crippen LogP contribution in [0.1, 0.15) is 83.5 Å². The van der Waals surface area contributed by atoms with Gasteiger partial charge in [-0.1, -0.05) is 57.8 Å². The van der Waals surface area contributed by atoms with Crippen LogP contribution in [0.4, 0.5) is 0 Å². The molecule has 0 aromatic carbocycles. The zero-order chi connectivity index (χ0) is 13.6. The molecule has 0 radical (unpaired) electrons. The lowest BCUT2D eigenvalue weighted by Gasteiger charge is -2.26. The summed E-state index contributed by atoms with van der Waals surface area (Å²) in [6.45, 7) is 4.43. The lowest BCUT2D eigenvalue weighted by atomic mass is 10.1. The van der Waals surface area contributed by atoms with Crippen molar-refractivity contribution < 1.29 is 5.11 Å². The lowest BCUT2D eigenvalue weighted by molar-refractivity contribution is 0.224. The van der Waals surface area contributed by atoms with Crippen LogP contribution in [-0.2, 0) is 0 Å². The summed E-state index contributed by atoms with van der Waals surface area (Å²) in [5, 5.41) is 8.68. The molecule has 0 aromatic rings. The van der Waals surface area contributed by atoms with Gasteiger partial charge in [0.2, 0.25) is 0 Å². The number of piperidine rings is 1. The normalized spacial score (nSPS) is 16.9. The molecule has 1 heterocycles. The van der Waals surface area contributed by atoms with Crippen molar-refractivity contribution in [2.24, 2.45) is 0 Å². The van der Waals surface area contributed by atoms with Gasteiger partial charge in [-0.15, -0.1) is 0 Å². The molecule has 1 rings (SSSR count). The molecule has 0 spiro atoms. The summed E-state index contributed by atoms with van der Waals surface area (Å²) in [6, 6.07) is 0. The average molecular weight is 269 g/mol. The molecule has 1 aliphatic heterocycles. The number of aliphatic hydroxyl groups excluding tert-OH is 1. The Kier molecular flexibility index (Phi) is 11.5. The topological polar surface area (TPSA) is 23.5 Å². The summed E-state index contributed by atoms with van der Waals surface area (Å²) >= 11 is 0. The Hall–Kier alpha value is -0.0800. The minimum Gasteiger partial charge on any atom is -0.396 e. The van der Waals surface area contributed by atoms with Crippen molar-refractivity contribution in [2.45, 2.75) is 83.5 Å². The third-order valence-corrected chi connectivity index (χ3v) is 4.33. The monoisotopic (exact) mass is 269 g/mol. The number of hydrogen-bond donors (Lipinski definition) is 1. The zero-order valence-corrected chi connectivity index (χ0v) is 12.9. The highest BCUT2D eigenvalue weighted by molar-refractivity contribution is 4.64. The third-order valence-electron chi connectivity index (χ3n) is 4.33. The number of rotatable bonds is 12. The van der Waals surface area contributed by atoms with Crippen molar-refractivity contribution in [3.63, 3.8) is 0 Å². The van der Waals surface area contributed by atoms with E-state index in [4.69, 9.17) is 5.11 Å². The smallest absolute Gasteiger partial charge is 0.0431 e. The Labute approximate surface area is 120 Å². The van der Waals surface area contributed by atoms with Crippen molar-refractivity contribution in [1.29, 1.82) is 0 Å². The molecule has 1 aliphatic rings. The van der Waals surface area contributed by atoms with Gasteiger partial charge >= 0.3 is 0 Å². The molecular formula is C17H35NO. The van der Waals surface area contributed by atoms with E-state index in [2.05, 4.69) is 4.90 Å². The van der Waals surface area contributed by atoms with E-state index in [1.165, 1.54) is 96.7 Å². The van der Waals surface area contributed by atoms with Crippen molar-refractivity contribution in [3.8, 4) is 0 Å². The number of hydrogen-bond acceptors (Lipinski definition) is 2. The molecule has 0 aliphatic carbocycles. The summed E-state index contributed by atoms with van der Waals surface area (Å²) in [4.78, 5) is 2.66. The summed E-state index contributed by atoms with van der Waals surface area (Å²) in [7, 11) is 0. The largest absolute Gasteiger partial charge is 0.396 e. The van der Waals surface area contributed by atoms with E-state index in [1.54, 1.807) is 0 Å². The average Bonchev–Trinajstić information content (AvgIpc) is 2.46. The van der Waals surface area contributed by atoms with Crippen LogP contribution in [0.25, 0.3) is 0 Å². The molecule has 1 saturated heterocycles. The standard InChI is InChI=1S/C17H35NO/c19-17-13-8-6-4-2-1-3-5-7-10-14-18-15-11-9-12-16-18/h19H,1-17H2. The summed E-state index contributed by atoms with van der Waals surface area (Å²) in [6.07, 6.45) is 17.7. The molecule has 114 valence electrons. The van der Waals surface area contributed by atoms with Crippen LogP contribution in [-0.4, -0.2) is 36.2 Å². The molecule has 0 amide bonds. The molecule has 1 fully saturated rings. The highest BCUT2D eigenvalue weighted by Gasteiger charge is 2.08. The van der Waals surface area contributed by atoms with E-state index in [9.17, 15) is 0 Å². The molecule has 0 unspecified atom stereocenters. The van der Waals surface area contributed by atoms with E-state index in [1.807, 2.05) is 0 Å². The zero-order valence-electron chi connectivity index (χ0n) is 12.9. The molecule has 0 saturated carbocycles. The summed E-state index contributed by atoms with van der Waals surface area (Å²) in [5.41, 5.74) is 0. The maximum absolute atomic E-state index is 8.68. The predicted molar refractivity (Wildman–Crippen MR) is 83.5 cm³/mol. The van der Waals surface area contributed by atoms with Gasteiger partial charge in [0, 0.05) is 6.61 Å². The van der Waals surface area contributed by atoms with Crippen LogP contribution < -0.4 is 0 Å². The second kappa shape index (κ2) is 12.9. The fourth-order valence-corrected chi connectivity index (χ4v) is 3.04. The first kappa shape index (κ1) is 17.0. The Balaban J connectivity index is 1.71. The van der Waals surface area contributed by atoms with Gasteiger partial charge in [-0.3, -0.25) is 0 Å². The highest BCUT2D eigenvalue weighted by Crippen LogP contribution is 2.12. The maximum Gasteiger partial charge on any atom is 0.0431 e. The van der Waals surface area contributed by atoms with Crippen LogP contribution in [0.3, 0.4) is 0 Å². The van der Waals surface area contributed by atoms with Gasteiger partial charge in [-0.25, -0.2) is 0 Å². The van der Waals surface area contributed by atoms with E-state index in [-0.39, 0.29) is 0 Å².